The van der Waals surface area contributed by atoms with Crippen molar-refractivity contribution in [3.8, 4) is 0 Å². The third-order valence-electron chi connectivity index (χ3n) is 4.46. The highest BCUT2D eigenvalue weighted by atomic mass is 16.4. The zero-order valence-corrected chi connectivity index (χ0v) is 19.2. The lowest BCUT2D eigenvalue weighted by molar-refractivity contribution is -0.140. The van der Waals surface area contributed by atoms with Gasteiger partial charge in [-0.3, -0.25) is 9.59 Å². The minimum atomic E-state index is -0.931. The molecule has 0 aliphatic rings. The van der Waals surface area contributed by atoms with Crippen LogP contribution in [-0.2, 0) is 9.59 Å². The van der Waals surface area contributed by atoms with E-state index < -0.39 is 24.0 Å². The summed E-state index contributed by atoms with van der Waals surface area (Å²) in [5.41, 5.74) is 10.3. The van der Waals surface area contributed by atoms with Crippen LogP contribution in [0.3, 0.4) is 0 Å². The molecule has 6 heteroatoms. The average Bonchev–Trinajstić information content (AvgIpc) is 2.63. The molecular weight excluding hydrogens is 356 g/mol. The van der Waals surface area contributed by atoms with Crippen LogP contribution in [0.25, 0.3) is 0 Å². The molecule has 0 heterocycles. The van der Waals surface area contributed by atoms with E-state index in [1.165, 1.54) is 64.2 Å². The Balaban J connectivity index is -0.000000347. The van der Waals surface area contributed by atoms with Crippen molar-refractivity contribution in [2.75, 3.05) is 0 Å². The summed E-state index contributed by atoms with van der Waals surface area (Å²) in [4.78, 5) is 20.0. The lowest BCUT2D eigenvalue weighted by Gasteiger charge is -2.07. The molecule has 0 amide bonds. The first kappa shape index (κ1) is 31.6. The summed E-state index contributed by atoms with van der Waals surface area (Å²) in [6, 6.07) is -1.43. The first-order chi connectivity index (χ1) is 13.0. The van der Waals surface area contributed by atoms with Crippen LogP contribution in [0.15, 0.2) is 0 Å². The highest BCUT2D eigenvalue weighted by Gasteiger charge is 2.14. The zero-order valence-electron chi connectivity index (χ0n) is 19.2. The highest BCUT2D eigenvalue weighted by molar-refractivity contribution is 5.73. The molecule has 170 valence electrons. The SMILES string of the molecule is CC(C)[C@H](N)C(=O)O.CC(C)[C@H](N)C(=O)O.CCCCCCCCCCCC. The maximum atomic E-state index is 10.0. The average molecular weight is 405 g/mol. The van der Waals surface area contributed by atoms with Crippen LogP contribution < -0.4 is 11.5 Å². The molecule has 0 aliphatic heterocycles. The van der Waals surface area contributed by atoms with E-state index in [0.29, 0.717) is 0 Å². The van der Waals surface area contributed by atoms with Crippen molar-refractivity contribution in [1.29, 1.82) is 0 Å². The highest BCUT2D eigenvalue weighted by Crippen LogP contribution is 2.09. The minimum Gasteiger partial charge on any atom is -0.480 e. The summed E-state index contributed by atoms with van der Waals surface area (Å²) in [6.07, 6.45) is 14.4. The maximum Gasteiger partial charge on any atom is 0.320 e. The second kappa shape index (κ2) is 22.2. The van der Waals surface area contributed by atoms with E-state index in [2.05, 4.69) is 13.8 Å². The number of hydrogen-bond donors (Lipinski definition) is 4. The molecule has 0 fully saturated rings. The Labute approximate surface area is 173 Å². The molecule has 0 aromatic carbocycles. The minimum absolute atomic E-state index is 0.0208. The maximum absolute atomic E-state index is 10.0. The third kappa shape index (κ3) is 24.9. The second-order valence-corrected chi connectivity index (χ2v) is 8.04. The van der Waals surface area contributed by atoms with E-state index in [0.717, 1.165) is 0 Å². The van der Waals surface area contributed by atoms with Crippen LogP contribution in [0.2, 0.25) is 0 Å². The van der Waals surface area contributed by atoms with Gasteiger partial charge in [-0.15, -0.1) is 0 Å². The number of unbranched alkanes of at least 4 members (excludes halogenated alkanes) is 9. The Hall–Kier alpha value is -1.14. The van der Waals surface area contributed by atoms with Crippen molar-refractivity contribution < 1.29 is 19.8 Å². The predicted octanol–water partition coefficient (Wildman–Crippen LogP) is 5.04. The van der Waals surface area contributed by atoms with E-state index in [1.54, 1.807) is 27.7 Å². The van der Waals surface area contributed by atoms with Gasteiger partial charge in [-0.25, -0.2) is 0 Å². The predicted molar refractivity (Wildman–Crippen MR) is 118 cm³/mol. The molecule has 0 rings (SSSR count). The van der Waals surface area contributed by atoms with Crippen molar-refractivity contribution in [1.82, 2.24) is 0 Å². The summed E-state index contributed by atoms with van der Waals surface area (Å²) < 4.78 is 0. The standard InChI is InChI=1S/C12H26.2C5H11NO2/c1-3-5-7-9-11-12-10-8-6-4-2;2*1-3(2)4(6)5(7)8/h3-12H2,1-2H3;2*3-4H,6H2,1-2H3,(H,7,8)/t;2*4-/m.00/s1. The smallest absolute Gasteiger partial charge is 0.320 e. The van der Waals surface area contributed by atoms with Gasteiger partial charge in [0, 0.05) is 0 Å². The quantitative estimate of drug-likeness (QED) is 0.319. The number of carbonyl (C=O) groups is 2. The Morgan fingerprint density at radius 3 is 0.929 bits per heavy atom. The largest absolute Gasteiger partial charge is 0.480 e. The number of aliphatic carboxylic acids is 2. The monoisotopic (exact) mass is 404 g/mol. The van der Waals surface area contributed by atoms with E-state index in [4.69, 9.17) is 21.7 Å². The summed E-state index contributed by atoms with van der Waals surface area (Å²) in [7, 11) is 0. The van der Waals surface area contributed by atoms with E-state index in [-0.39, 0.29) is 11.8 Å². The number of carboxylic acid groups (broad SMARTS) is 2. The summed E-state index contributed by atoms with van der Waals surface area (Å²) >= 11 is 0. The van der Waals surface area contributed by atoms with Gasteiger partial charge < -0.3 is 21.7 Å². The number of hydrogen-bond acceptors (Lipinski definition) is 4. The summed E-state index contributed by atoms with van der Waals surface area (Å²) in [6.45, 7) is 11.7. The Morgan fingerprint density at radius 2 is 0.821 bits per heavy atom. The van der Waals surface area contributed by atoms with Crippen molar-refractivity contribution in [3.63, 3.8) is 0 Å². The van der Waals surface area contributed by atoms with Gasteiger partial charge in [-0.1, -0.05) is 106 Å². The molecule has 0 bridgehead atoms. The van der Waals surface area contributed by atoms with Crippen LogP contribution in [-0.4, -0.2) is 34.2 Å². The fourth-order valence-electron chi connectivity index (χ4n) is 2.13. The van der Waals surface area contributed by atoms with Crippen molar-refractivity contribution in [2.45, 2.75) is 118 Å². The van der Waals surface area contributed by atoms with Crippen molar-refractivity contribution in [2.24, 2.45) is 23.3 Å². The third-order valence-corrected chi connectivity index (χ3v) is 4.46. The lowest BCUT2D eigenvalue weighted by atomic mass is 10.1. The topological polar surface area (TPSA) is 127 Å². The molecule has 28 heavy (non-hydrogen) atoms. The van der Waals surface area contributed by atoms with Gasteiger partial charge in [0.1, 0.15) is 12.1 Å². The molecule has 0 aliphatic carbocycles. The van der Waals surface area contributed by atoms with Crippen LogP contribution >= 0.6 is 0 Å². The number of nitrogens with two attached hydrogens (primary N) is 2. The van der Waals surface area contributed by atoms with Gasteiger partial charge in [-0.2, -0.15) is 0 Å². The van der Waals surface area contributed by atoms with E-state index >= 15 is 0 Å². The van der Waals surface area contributed by atoms with E-state index in [1.807, 2.05) is 0 Å². The normalized spacial score (nSPS) is 12.5. The lowest BCUT2D eigenvalue weighted by Crippen LogP contribution is -2.34. The van der Waals surface area contributed by atoms with Gasteiger partial charge in [-0.05, 0) is 11.8 Å². The van der Waals surface area contributed by atoms with Crippen LogP contribution in [0.5, 0.6) is 0 Å². The van der Waals surface area contributed by atoms with Gasteiger partial charge >= 0.3 is 11.9 Å². The molecule has 6 nitrogen and oxygen atoms in total. The van der Waals surface area contributed by atoms with Crippen LogP contribution in [0, 0.1) is 11.8 Å². The summed E-state index contributed by atoms with van der Waals surface area (Å²) in [5.74, 6) is -1.82. The number of rotatable bonds is 13. The number of carboxylic acids is 2. The van der Waals surface area contributed by atoms with Crippen molar-refractivity contribution >= 4 is 11.9 Å². The molecule has 2 atom stereocenters. The Bertz CT molecular complexity index is 326. The zero-order chi connectivity index (χ0) is 22.5. The molecule has 0 radical (unpaired) electrons. The fourth-order valence-corrected chi connectivity index (χ4v) is 2.13. The fraction of sp³-hybridized carbons (Fsp3) is 0.909. The molecular formula is C22H48N2O4. The van der Waals surface area contributed by atoms with Crippen molar-refractivity contribution in [3.05, 3.63) is 0 Å². The van der Waals surface area contributed by atoms with Crippen LogP contribution in [0.4, 0.5) is 0 Å². The van der Waals surface area contributed by atoms with Gasteiger partial charge in [0.05, 0.1) is 0 Å². The molecule has 0 saturated carbocycles. The molecule has 0 saturated heterocycles. The van der Waals surface area contributed by atoms with Gasteiger partial charge in [0.15, 0.2) is 0 Å². The van der Waals surface area contributed by atoms with Crippen LogP contribution in [0.1, 0.15) is 106 Å². The molecule has 0 aromatic rings. The molecule has 6 N–H and O–H groups in total. The first-order valence-electron chi connectivity index (χ1n) is 11.0. The second-order valence-electron chi connectivity index (χ2n) is 8.04. The first-order valence-corrected chi connectivity index (χ1v) is 11.0. The van der Waals surface area contributed by atoms with E-state index in [9.17, 15) is 9.59 Å². The molecule has 0 spiro atoms. The Kier molecular flexibility index (Phi) is 25.0. The van der Waals surface area contributed by atoms with Gasteiger partial charge in [0.2, 0.25) is 0 Å². The Morgan fingerprint density at radius 1 is 0.607 bits per heavy atom. The molecule has 0 aromatic heterocycles. The molecule has 0 unspecified atom stereocenters. The summed E-state index contributed by atoms with van der Waals surface area (Å²) in [5, 5.41) is 16.5. The van der Waals surface area contributed by atoms with Gasteiger partial charge in [0.25, 0.3) is 0 Å².